The predicted octanol–water partition coefficient (Wildman–Crippen LogP) is 5.11. The van der Waals surface area contributed by atoms with Crippen molar-refractivity contribution in [2.75, 3.05) is 43.0 Å². The number of ketones is 1. The van der Waals surface area contributed by atoms with Gasteiger partial charge in [-0.3, -0.25) is 4.79 Å². The Morgan fingerprint density at radius 1 is 1.18 bits per heavy atom. The summed E-state index contributed by atoms with van der Waals surface area (Å²) < 4.78 is 14.8. The highest BCUT2D eigenvalue weighted by atomic mass is 19.1. The number of nitriles is 1. The van der Waals surface area contributed by atoms with Crippen LogP contribution in [0.4, 0.5) is 15.8 Å². The molecule has 0 aliphatic carbocycles. The van der Waals surface area contributed by atoms with Gasteiger partial charge >= 0.3 is 0 Å². The zero-order chi connectivity index (χ0) is 27.9. The average Bonchev–Trinajstić information content (AvgIpc) is 2.95. The molecule has 4 rings (SSSR count). The summed E-state index contributed by atoms with van der Waals surface area (Å²) in [5.74, 6) is -0.291. The molecule has 2 aromatic rings. The van der Waals surface area contributed by atoms with Crippen molar-refractivity contribution in [2.24, 2.45) is 5.73 Å². The second-order valence-electron chi connectivity index (χ2n) is 10.0. The third-order valence-corrected chi connectivity index (χ3v) is 7.49. The molecule has 0 aromatic heterocycles. The van der Waals surface area contributed by atoms with Crippen LogP contribution in [0.5, 0.6) is 0 Å². The van der Waals surface area contributed by atoms with Crippen molar-refractivity contribution in [3.8, 4) is 6.07 Å². The summed E-state index contributed by atoms with van der Waals surface area (Å²) in [4.78, 5) is 17.9. The van der Waals surface area contributed by atoms with E-state index in [1.807, 2.05) is 61.4 Å². The van der Waals surface area contributed by atoms with Gasteiger partial charge < -0.3 is 25.5 Å². The molecule has 0 saturated carbocycles. The molecule has 7 nitrogen and oxygen atoms in total. The average molecular weight is 530 g/mol. The summed E-state index contributed by atoms with van der Waals surface area (Å²) in [6, 6.07) is 14.6. The zero-order valence-corrected chi connectivity index (χ0v) is 22.6. The number of hydrogen-bond acceptors (Lipinski definition) is 7. The maximum absolute atomic E-state index is 14.8. The predicted molar refractivity (Wildman–Crippen MR) is 154 cm³/mol. The van der Waals surface area contributed by atoms with Crippen molar-refractivity contribution in [3.63, 3.8) is 0 Å². The smallest absolute Gasteiger partial charge is 0.141 e. The van der Waals surface area contributed by atoms with Gasteiger partial charge in [-0.25, -0.2) is 4.39 Å². The first-order valence-electron chi connectivity index (χ1n) is 13.4. The van der Waals surface area contributed by atoms with Gasteiger partial charge in [0.25, 0.3) is 0 Å². The standard InChI is InChI=1S/C31H36FN5O2/c1-3-22(31(21-38)37-14-4-5-25(34)20-37)18-30(23-6-7-24(19-33)29(32)17-23)35(2)26-8-10-27(11-9-26)36-15-12-28(39)13-16-36/h3,6-11,17-18,21,25,38H,4-5,12-16,20,34H2,1-2H3/b22-3+,30-18-,31-21?. The van der Waals surface area contributed by atoms with Crippen LogP contribution in [0, 0.1) is 17.1 Å². The zero-order valence-electron chi connectivity index (χ0n) is 22.6. The summed E-state index contributed by atoms with van der Waals surface area (Å²) in [7, 11) is 1.91. The SMILES string of the molecule is C/C=C(\C=C(\c1ccc(C#N)c(F)c1)N(C)c1ccc(N2CCC(=O)CC2)cc1)C(=CO)N1CCCC(N)C1. The van der Waals surface area contributed by atoms with Gasteiger partial charge in [-0.2, -0.15) is 5.26 Å². The van der Waals surface area contributed by atoms with Crippen molar-refractivity contribution in [1.29, 1.82) is 5.26 Å². The number of hydrogen-bond donors (Lipinski definition) is 2. The number of aliphatic hydroxyl groups is 1. The highest BCUT2D eigenvalue weighted by Gasteiger charge is 2.22. The maximum atomic E-state index is 14.8. The van der Waals surface area contributed by atoms with Crippen molar-refractivity contribution in [1.82, 2.24) is 4.90 Å². The van der Waals surface area contributed by atoms with E-state index in [4.69, 9.17) is 5.73 Å². The number of benzene rings is 2. The molecule has 2 fully saturated rings. The lowest BCUT2D eigenvalue weighted by Gasteiger charge is -2.34. The second kappa shape index (κ2) is 12.6. The summed E-state index contributed by atoms with van der Waals surface area (Å²) in [5, 5.41) is 19.5. The first-order valence-corrected chi connectivity index (χ1v) is 13.4. The number of aliphatic hydroxyl groups excluding tert-OH is 1. The first-order chi connectivity index (χ1) is 18.8. The number of nitrogens with two attached hydrogens (primary N) is 1. The highest BCUT2D eigenvalue weighted by molar-refractivity contribution is 5.83. The van der Waals surface area contributed by atoms with Gasteiger partial charge in [-0.1, -0.05) is 12.1 Å². The number of likely N-dealkylation sites (tertiary alicyclic amines) is 1. The Morgan fingerprint density at radius 2 is 1.90 bits per heavy atom. The number of piperidine rings is 2. The molecule has 2 aliphatic heterocycles. The van der Waals surface area contributed by atoms with Gasteiger partial charge in [-0.05, 0) is 67.8 Å². The fourth-order valence-corrected chi connectivity index (χ4v) is 5.20. The van der Waals surface area contributed by atoms with Crippen LogP contribution in [0.3, 0.4) is 0 Å². The molecule has 1 atom stereocenters. The summed E-state index contributed by atoms with van der Waals surface area (Å²) in [6.45, 7) is 4.74. The van der Waals surface area contributed by atoms with E-state index in [1.165, 1.54) is 12.1 Å². The second-order valence-corrected chi connectivity index (χ2v) is 10.0. The van der Waals surface area contributed by atoms with Crippen molar-refractivity contribution in [2.45, 2.75) is 38.6 Å². The molecule has 1 unspecified atom stereocenters. The Balaban J connectivity index is 1.70. The van der Waals surface area contributed by atoms with Crippen LogP contribution >= 0.6 is 0 Å². The Hall–Kier alpha value is -4.09. The van der Waals surface area contributed by atoms with Crippen molar-refractivity contribution < 1.29 is 14.3 Å². The minimum atomic E-state index is -0.591. The number of anilines is 2. The van der Waals surface area contributed by atoms with Crippen LogP contribution in [0.15, 0.2) is 72.1 Å². The van der Waals surface area contributed by atoms with Crippen LogP contribution in [-0.2, 0) is 4.79 Å². The van der Waals surface area contributed by atoms with Crippen molar-refractivity contribution in [3.05, 3.63) is 89.1 Å². The van der Waals surface area contributed by atoms with Crippen LogP contribution in [0.2, 0.25) is 0 Å². The van der Waals surface area contributed by atoms with Gasteiger partial charge in [0.1, 0.15) is 23.9 Å². The highest BCUT2D eigenvalue weighted by Crippen LogP contribution is 2.31. The number of halogens is 1. The summed E-state index contributed by atoms with van der Waals surface area (Å²) in [5.41, 5.74) is 10.8. The Kier molecular flexibility index (Phi) is 9.05. The fraction of sp³-hybridized carbons (Fsp3) is 0.355. The van der Waals surface area contributed by atoms with Crippen LogP contribution in [0.25, 0.3) is 5.70 Å². The minimum Gasteiger partial charge on any atom is -0.513 e. The summed E-state index contributed by atoms with van der Waals surface area (Å²) >= 11 is 0. The summed E-state index contributed by atoms with van der Waals surface area (Å²) in [6.07, 6.45) is 7.95. The van der Waals surface area contributed by atoms with Gasteiger partial charge in [0.05, 0.1) is 11.3 Å². The molecule has 2 aromatic carbocycles. The normalized spacial score (nSPS) is 19.2. The van der Waals surface area contributed by atoms with E-state index in [9.17, 15) is 19.6 Å². The quantitative estimate of drug-likeness (QED) is 0.380. The number of Topliss-reactive ketones (excluding diaryl/α,β-unsaturated/α-hetero) is 1. The third kappa shape index (κ3) is 6.50. The van der Waals surface area contributed by atoms with E-state index >= 15 is 0 Å². The maximum Gasteiger partial charge on any atom is 0.141 e. The molecule has 8 heteroatoms. The largest absolute Gasteiger partial charge is 0.513 e. The Morgan fingerprint density at radius 3 is 2.49 bits per heavy atom. The van der Waals surface area contributed by atoms with E-state index in [-0.39, 0.29) is 11.6 Å². The van der Waals surface area contributed by atoms with E-state index in [0.717, 1.165) is 42.6 Å². The molecule has 0 spiro atoms. The minimum absolute atomic E-state index is 0.0189. The molecule has 39 heavy (non-hydrogen) atoms. The van der Waals surface area contributed by atoms with Crippen molar-refractivity contribution >= 4 is 22.9 Å². The molecule has 204 valence electrons. The van der Waals surface area contributed by atoms with Crippen LogP contribution in [0.1, 0.15) is 43.7 Å². The lowest BCUT2D eigenvalue weighted by molar-refractivity contribution is -0.119. The molecule has 2 aliphatic rings. The molecule has 0 radical (unpaired) electrons. The number of rotatable bonds is 7. The van der Waals surface area contributed by atoms with E-state index in [2.05, 4.69) is 9.80 Å². The molecule has 2 saturated heterocycles. The number of carbonyl (C=O) groups excluding carboxylic acids is 1. The van der Waals surface area contributed by atoms with Crippen LogP contribution < -0.4 is 15.5 Å². The first kappa shape index (κ1) is 27.9. The van der Waals surface area contributed by atoms with E-state index in [1.54, 1.807) is 6.07 Å². The lowest BCUT2D eigenvalue weighted by Crippen LogP contribution is -2.42. The molecular weight excluding hydrogens is 493 g/mol. The fourth-order valence-electron chi connectivity index (χ4n) is 5.20. The Labute approximate surface area is 229 Å². The molecule has 2 heterocycles. The van der Waals surface area contributed by atoms with Gasteiger partial charge in [0.2, 0.25) is 0 Å². The molecular formula is C31H36FN5O2. The van der Waals surface area contributed by atoms with Crippen LogP contribution in [-0.4, -0.2) is 55.1 Å². The number of allylic oxidation sites excluding steroid dienone is 2. The van der Waals surface area contributed by atoms with Gasteiger partial charge in [0.15, 0.2) is 0 Å². The third-order valence-electron chi connectivity index (χ3n) is 7.49. The van der Waals surface area contributed by atoms with Gasteiger partial charge in [-0.15, -0.1) is 0 Å². The molecule has 3 N–H and O–H groups in total. The molecule has 0 bridgehead atoms. The monoisotopic (exact) mass is 529 g/mol. The van der Waals surface area contributed by atoms with Gasteiger partial charge in [0, 0.05) is 74.7 Å². The number of carbonyl (C=O) groups is 1. The van der Waals surface area contributed by atoms with E-state index < -0.39 is 5.82 Å². The topological polar surface area (TPSA) is 96.8 Å². The Bertz CT molecular complexity index is 1320. The lowest BCUT2D eigenvalue weighted by atomic mass is 10.0. The number of nitrogens with zero attached hydrogens (tertiary/aromatic N) is 4. The molecule has 0 amide bonds. The van der Waals surface area contributed by atoms with E-state index in [0.29, 0.717) is 55.2 Å².